The van der Waals surface area contributed by atoms with Crippen LogP contribution in [-0.4, -0.2) is 35.7 Å². The molecule has 11 heteroatoms. The molecule has 1 aliphatic heterocycles. The minimum absolute atomic E-state index is 0.0439. The maximum Gasteiger partial charge on any atom is 0.329 e. The van der Waals surface area contributed by atoms with E-state index >= 15 is 0 Å². The number of amides is 1. The van der Waals surface area contributed by atoms with Crippen LogP contribution >= 0.6 is 0 Å². The van der Waals surface area contributed by atoms with Crippen molar-refractivity contribution in [3.8, 4) is 0 Å². The van der Waals surface area contributed by atoms with Crippen LogP contribution in [0.1, 0.15) is 30.9 Å². The fourth-order valence-corrected chi connectivity index (χ4v) is 4.12. The third kappa shape index (κ3) is 5.98. The van der Waals surface area contributed by atoms with Gasteiger partial charge in [-0.15, -0.1) is 0 Å². The minimum atomic E-state index is -1.27. The Morgan fingerprint density at radius 2 is 1.86 bits per heavy atom. The molecule has 1 aliphatic rings. The van der Waals surface area contributed by atoms with Crippen molar-refractivity contribution in [2.45, 2.75) is 31.8 Å². The van der Waals surface area contributed by atoms with E-state index in [2.05, 4.69) is 16.0 Å². The van der Waals surface area contributed by atoms with Gasteiger partial charge in [-0.2, -0.15) is 0 Å². The second-order valence-corrected chi connectivity index (χ2v) is 8.02. The predicted octanol–water partition coefficient (Wildman–Crippen LogP) is 2.36. The molecule has 4 N–H and O–H groups in total. The summed E-state index contributed by atoms with van der Waals surface area (Å²) in [5, 5.41) is 2.47. The molecule has 1 aromatic heterocycles. The maximum atomic E-state index is 14.0. The lowest BCUT2D eigenvalue weighted by Crippen LogP contribution is -2.48. The zero-order valence-corrected chi connectivity index (χ0v) is 19.2. The van der Waals surface area contributed by atoms with Crippen LogP contribution in [0.25, 0.3) is 10.9 Å². The van der Waals surface area contributed by atoms with Crippen LogP contribution in [0, 0.1) is 23.4 Å². The van der Waals surface area contributed by atoms with Crippen molar-refractivity contribution in [1.82, 2.24) is 14.9 Å². The second kappa shape index (κ2) is 11.8. The lowest BCUT2D eigenvalue weighted by atomic mass is 9.94. The number of benzene rings is 2. The first-order valence-electron chi connectivity index (χ1n) is 11.2. The summed E-state index contributed by atoms with van der Waals surface area (Å²) < 4.78 is 47.3. The quantitative estimate of drug-likeness (QED) is 0.505. The molecule has 3 aromatic rings. The number of nitrogens with one attached hydrogen (secondary N) is 2. The van der Waals surface area contributed by atoms with Crippen LogP contribution in [0.4, 0.5) is 13.2 Å². The summed E-state index contributed by atoms with van der Waals surface area (Å²) in [5.41, 5.74) is 3.05. The lowest BCUT2D eigenvalue weighted by molar-refractivity contribution is -0.127. The molecule has 2 aromatic carbocycles. The summed E-state index contributed by atoms with van der Waals surface area (Å²) in [4.78, 5) is 41.9. The van der Waals surface area contributed by atoms with Gasteiger partial charge >= 0.3 is 5.69 Å². The Balaban J connectivity index is 0.00000167. The normalized spacial score (nSPS) is 16.7. The Morgan fingerprint density at radius 1 is 1.14 bits per heavy atom. The first kappa shape index (κ1) is 26.2. The number of ether oxygens (including phenoxy) is 1. The largest absolute Gasteiger partial charge is 0.381 e. The highest BCUT2D eigenvalue weighted by Gasteiger charge is 2.34. The zero-order chi connectivity index (χ0) is 25.5. The van der Waals surface area contributed by atoms with Crippen molar-refractivity contribution >= 4 is 16.8 Å². The number of aromatic amines is 1. The van der Waals surface area contributed by atoms with Gasteiger partial charge in [-0.25, -0.2) is 22.5 Å². The standard InChI is InChI=1S/C23H22F3N3O4.CH5N/c24-15-6-7-19-17(9-15)22(31)29(23(32)28-19)20(14-3-1-2-8-33-12-14)21(30)27-11-13-4-5-16(25)10-18(13)26;1-2/h4-7,9-10,14,20H,1-3,8,11-12H2,(H,27,30)(H,28,32);2H2,1H3. The van der Waals surface area contributed by atoms with Crippen LogP contribution in [0.2, 0.25) is 0 Å². The van der Waals surface area contributed by atoms with Gasteiger partial charge in [0, 0.05) is 30.7 Å². The number of hydrogen-bond acceptors (Lipinski definition) is 5. The fraction of sp³-hybridized carbons (Fsp3) is 0.375. The third-order valence-electron chi connectivity index (χ3n) is 5.80. The molecule has 4 rings (SSSR count). The van der Waals surface area contributed by atoms with Gasteiger partial charge in [-0.05, 0) is 44.2 Å². The van der Waals surface area contributed by atoms with Crippen LogP contribution in [-0.2, 0) is 16.1 Å². The van der Waals surface area contributed by atoms with Crippen molar-refractivity contribution in [3.05, 3.63) is 80.3 Å². The Bertz CT molecular complexity index is 1300. The smallest absolute Gasteiger partial charge is 0.329 e. The molecule has 0 radical (unpaired) electrons. The van der Waals surface area contributed by atoms with Crippen LogP contribution in [0.15, 0.2) is 46.0 Å². The number of carbonyl (C=O) groups is 1. The van der Waals surface area contributed by atoms with E-state index in [0.29, 0.717) is 19.1 Å². The van der Waals surface area contributed by atoms with Gasteiger partial charge in [0.2, 0.25) is 5.91 Å². The van der Waals surface area contributed by atoms with E-state index in [4.69, 9.17) is 4.74 Å². The predicted molar refractivity (Wildman–Crippen MR) is 124 cm³/mol. The number of aromatic nitrogens is 2. The van der Waals surface area contributed by atoms with Gasteiger partial charge in [-0.1, -0.05) is 12.5 Å². The Morgan fingerprint density at radius 3 is 2.60 bits per heavy atom. The number of rotatable bonds is 5. The van der Waals surface area contributed by atoms with Crippen LogP contribution in [0.3, 0.4) is 0 Å². The summed E-state index contributed by atoms with van der Waals surface area (Å²) in [6, 6.07) is 5.08. The average molecular weight is 492 g/mol. The topological polar surface area (TPSA) is 119 Å². The summed E-state index contributed by atoms with van der Waals surface area (Å²) >= 11 is 0. The number of carbonyl (C=O) groups excluding carboxylic acids is 1. The molecule has 8 nitrogen and oxygen atoms in total. The van der Waals surface area contributed by atoms with Gasteiger partial charge < -0.3 is 20.8 Å². The first-order chi connectivity index (χ1) is 16.8. The van der Waals surface area contributed by atoms with Crippen molar-refractivity contribution in [2.24, 2.45) is 11.7 Å². The van der Waals surface area contributed by atoms with E-state index in [9.17, 15) is 27.6 Å². The highest BCUT2D eigenvalue weighted by atomic mass is 19.1. The average Bonchev–Trinajstić information content (AvgIpc) is 3.12. The number of fused-ring (bicyclic) bond motifs is 1. The number of nitrogens with zero attached hydrogens (tertiary/aromatic N) is 1. The van der Waals surface area contributed by atoms with Crippen molar-refractivity contribution in [2.75, 3.05) is 20.3 Å². The molecule has 2 unspecified atom stereocenters. The molecule has 0 saturated carbocycles. The molecule has 1 amide bonds. The molecule has 2 atom stereocenters. The van der Waals surface area contributed by atoms with E-state index in [1.54, 1.807) is 0 Å². The fourth-order valence-electron chi connectivity index (χ4n) is 4.12. The van der Waals surface area contributed by atoms with Crippen LogP contribution < -0.4 is 22.3 Å². The molecule has 1 saturated heterocycles. The van der Waals surface area contributed by atoms with Gasteiger partial charge in [0.25, 0.3) is 5.56 Å². The van der Waals surface area contributed by atoms with E-state index < -0.39 is 46.6 Å². The summed E-state index contributed by atoms with van der Waals surface area (Å²) in [6.07, 6.45) is 1.99. The number of nitrogens with two attached hydrogens (primary N) is 1. The highest BCUT2D eigenvalue weighted by molar-refractivity contribution is 5.82. The molecular weight excluding hydrogens is 465 g/mol. The van der Waals surface area contributed by atoms with Gasteiger partial charge in [0.1, 0.15) is 23.5 Å². The maximum absolute atomic E-state index is 14.0. The number of halogens is 3. The van der Waals surface area contributed by atoms with E-state index in [-0.39, 0.29) is 29.6 Å². The van der Waals surface area contributed by atoms with E-state index in [0.717, 1.165) is 35.6 Å². The van der Waals surface area contributed by atoms with Crippen LogP contribution in [0.5, 0.6) is 0 Å². The van der Waals surface area contributed by atoms with Crippen molar-refractivity contribution < 1.29 is 22.7 Å². The van der Waals surface area contributed by atoms with E-state index in [1.165, 1.54) is 19.2 Å². The Hall–Kier alpha value is -3.44. The molecule has 2 heterocycles. The molecular formula is C24H27F3N4O4. The SMILES string of the molecule is CN.O=C(NCc1ccc(F)cc1F)C(C1CCCCOC1)n1c(=O)[nH]c2ccc(F)cc2c1=O. The summed E-state index contributed by atoms with van der Waals surface area (Å²) in [6.45, 7) is 0.347. The van der Waals surface area contributed by atoms with Gasteiger partial charge in [-0.3, -0.25) is 9.59 Å². The molecule has 35 heavy (non-hydrogen) atoms. The first-order valence-corrected chi connectivity index (χ1v) is 11.2. The summed E-state index contributed by atoms with van der Waals surface area (Å²) in [5.74, 6) is -3.46. The molecule has 0 bridgehead atoms. The van der Waals surface area contributed by atoms with Gasteiger partial charge in [0.15, 0.2) is 0 Å². The van der Waals surface area contributed by atoms with Crippen molar-refractivity contribution in [3.63, 3.8) is 0 Å². The lowest BCUT2D eigenvalue weighted by Gasteiger charge is -2.26. The van der Waals surface area contributed by atoms with E-state index in [1.807, 2.05) is 0 Å². The van der Waals surface area contributed by atoms with Gasteiger partial charge in [0.05, 0.1) is 17.5 Å². The summed E-state index contributed by atoms with van der Waals surface area (Å²) in [7, 11) is 1.50. The molecule has 188 valence electrons. The monoisotopic (exact) mass is 492 g/mol. The zero-order valence-electron chi connectivity index (χ0n) is 19.2. The molecule has 0 spiro atoms. The Kier molecular flexibility index (Phi) is 8.83. The molecule has 1 fully saturated rings. The molecule has 0 aliphatic carbocycles. The highest BCUT2D eigenvalue weighted by Crippen LogP contribution is 2.26. The van der Waals surface area contributed by atoms with Crippen molar-refractivity contribution in [1.29, 1.82) is 0 Å². The number of hydrogen-bond donors (Lipinski definition) is 3. The minimum Gasteiger partial charge on any atom is -0.381 e. The Labute approximate surface area is 198 Å². The number of H-pyrrole nitrogens is 1. The third-order valence-corrected chi connectivity index (χ3v) is 5.80. The second-order valence-electron chi connectivity index (χ2n) is 8.02.